The maximum Gasteiger partial charge on any atom is 0.242 e. The fourth-order valence-corrected chi connectivity index (χ4v) is 4.63. The summed E-state index contributed by atoms with van der Waals surface area (Å²) in [6.45, 7) is 9.87. The van der Waals surface area contributed by atoms with Gasteiger partial charge in [-0.2, -0.15) is 0 Å². The summed E-state index contributed by atoms with van der Waals surface area (Å²) in [4.78, 5) is 27.7. The molecule has 1 unspecified atom stereocenters. The van der Waals surface area contributed by atoms with Crippen LogP contribution in [-0.2, 0) is 26.2 Å². The lowest BCUT2D eigenvalue weighted by Gasteiger charge is -2.32. The molecular formula is C26H37N3O4S. The molecule has 0 aliphatic carbocycles. The number of nitrogens with one attached hydrogen (secondary N) is 1. The number of carbonyl (C=O) groups is 2. The van der Waals surface area contributed by atoms with Gasteiger partial charge in [-0.05, 0) is 58.7 Å². The van der Waals surface area contributed by atoms with E-state index >= 15 is 0 Å². The lowest BCUT2D eigenvalue weighted by molar-refractivity contribution is -0.141. The Hall–Kier alpha value is -2.87. The van der Waals surface area contributed by atoms with E-state index in [9.17, 15) is 18.0 Å². The fraction of sp³-hybridized carbons (Fsp3) is 0.462. The minimum atomic E-state index is -3.50. The molecule has 0 fully saturated rings. The standard InChI is InChI=1S/C26H37N3O4S/c1-20-12-10-13-22(18-20)19-28(21(2)25(31)27-26(3,4)5)24(30)16-11-17-29(34(6,32)33)23-14-8-7-9-15-23/h7-10,12-15,18,21H,11,16-17,19H2,1-6H3,(H,27,31). The maximum absolute atomic E-state index is 13.3. The molecule has 7 nitrogen and oxygen atoms in total. The highest BCUT2D eigenvalue weighted by molar-refractivity contribution is 7.92. The largest absolute Gasteiger partial charge is 0.350 e. The van der Waals surface area contributed by atoms with Gasteiger partial charge >= 0.3 is 0 Å². The van der Waals surface area contributed by atoms with Gasteiger partial charge in [0.2, 0.25) is 21.8 Å². The molecule has 0 spiro atoms. The number of anilines is 1. The van der Waals surface area contributed by atoms with Gasteiger partial charge in [0, 0.05) is 25.0 Å². The first kappa shape index (κ1) is 27.4. The van der Waals surface area contributed by atoms with E-state index in [2.05, 4.69) is 5.32 Å². The van der Waals surface area contributed by atoms with Crippen LogP contribution in [0.25, 0.3) is 0 Å². The van der Waals surface area contributed by atoms with E-state index in [4.69, 9.17) is 0 Å². The number of hydrogen-bond acceptors (Lipinski definition) is 4. The third-order valence-electron chi connectivity index (χ3n) is 5.30. The first-order valence-electron chi connectivity index (χ1n) is 11.5. The summed E-state index contributed by atoms with van der Waals surface area (Å²) >= 11 is 0. The summed E-state index contributed by atoms with van der Waals surface area (Å²) in [6, 6.07) is 16.0. The highest BCUT2D eigenvalue weighted by Gasteiger charge is 2.28. The van der Waals surface area contributed by atoms with Crippen molar-refractivity contribution in [2.75, 3.05) is 17.1 Å². The second-order valence-corrected chi connectivity index (χ2v) is 11.6. The van der Waals surface area contributed by atoms with E-state index < -0.39 is 21.6 Å². The Labute approximate surface area is 204 Å². The zero-order valence-corrected chi connectivity index (χ0v) is 21.9. The van der Waals surface area contributed by atoms with Crippen molar-refractivity contribution in [3.63, 3.8) is 0 Å². The summed E-state index contributed by atoms with van der Waals surface area (Å²) in [6.07, 6.45) is 1.61. The van der Waals surface area contributed by atoms with Gasteiger partial charge in [0.15, 0.2) is 0 Å². The molecule has 0 radical (unpaired) electrons. The minimum absolute atomic E-state index is 0.123. The topological polar surface area (TPSA) is 86.8 Å². The van der Waals surface area contributed by atoms with Crippen LogP contribution in [0.3, 0.4) is 0 Å². The third kappa shape index (κ3) is 8.48. The Morgan fingerprint density at radius 2 is 1.68 bits per heavy atom. The molecule has 0 saturated heterocycles. The predicted molar refractivity (Wildman–Crippen MR) is 137 cm³/mol. The first-order valence-corrected chi connectivity index (χ1v) is 13.3. The molecule has 1 atom stereocenters. The number of nitrogens with zero attached hydrogens (tertiary/aromatic N) is 2. The minimum Gasteiger partial charge on any atom is -0.350 e. The first-order chi connectivity index (χ1) is 15.8. The average Bonchev–Trinajstić information content (AvgIpc) is 2.73. The number of aryl methyl sites for hydroxylation is 1. The van der Waals surface area contributed by atoms with Gasteiger partial charge in [0.05, 0.1) is 11.9 Å². The third-order valence-corrected chi connectivity index (χ3v) is 6.49. The van der Waals surface area contributed by atoms with Crippen LogP contribution in [-0.4, -0.2) is 49.5 Å². The van der Waals surface area contributed by atoms with Crippen LogP contribution in [0, 0.1) is 6.92 Å². The maximum atomic E-state index is 13.3. The van der Waals surface area contributed by atoms with Crippen LogP contribution < -0.4 is 9.62 Å². The Bertz CT molecular complexity index is 1080. The van der Waals surface area contributed by atoms with E-state index in [1.807, 2.05) is 58.0 Å². The van der Waals surface area contributed by atoms with E-state index in [0.717, 1.165) is 17.4 Å². The summed E-state index contributed by atoms with van der Waals surface area (Å²) in [5.41, 5.74) is 2.15. The van der Waals surface area contributed by atoms with Crippen molar-refractivity contribution >= 4 is 27.5 Å². The second kappa shape index (κ2) is 11.5. The van der Waals surface area contributed by atoms with Crippen molar-refractivity contribution in [2.45, 2.75) is 65.6 Å². The molecule has 0 aliphatic heterocycles. The molecule has 0 aliphatic rings. The van der Waals surface area contributed by atoms with Gasteiger partial charge in [-0.25, -0.2) is 8.42 Å². The summed E-state index contributed by atoms with van der Waals surface area (Å²) in [7, 11) is -3.50. The predicted octanol–water partition coefficient (Wildman–Crippen LogP) is 3.87. The zero-order valence-electron chi connectivity index (χ0n) is 21.0. The lowest BCUT2D eigenvalue weighted by atomic mass is 10.1. The molecule has 0 aromatic heterocycles. The van der Waals surface area contributed by atoms with Gasteiger partial charge in [-0.15, -0.1) is 0 Å². The molecule has 0 saturated carbocycles. The van der Waals surface area contributed by atoms with Gasteiger partial charge in [-0.3, -0.25) is 13.9 Å². The molecule has 8 heteroatoms. The van der Waals surface area contributed by atoms with Crippen LogP contribution in [0.5, 0.6) is 0 Å². The van der Waals surface area contributed by atoms with Gasteiger partial charge in [0.25, 0.3) is 0 Å². The Balaban J connectivity index is 2.17. The van der Waals surface area contributed by atoms with Gasteiger partial charge in [-0.1, -0.05) is 48.0 Å². The number of para-hydroxylation sites is 1. The van der Waals surface area contributed by atoms with Crippen LogP contribution >= 0.6 is 0 Å². The Kier molecular flexibility index (Phi) is 9.27. The molecule has 0 bridgehead atoms. The van der Waals surface area contributed by atoms with Gasteiger partial charge in [0.1, 0.15) is 6.04 Å². The monoisotopic (exact) mass is 487 g/mol. The van der Waals surface area contributed by atoms with Crippen LogP contribution in [0.15, 0.2) is 54.6 Å². The molecule has 2 aromatic rings. The molecule has 2 rings (SSSR count). The summed E-state index contributed by atoms with van der Waals surface area (Å²) in [5, 5.41) is 2.95. The van der Waals surface area contributed by atoms with Crippen molar-refractivity contribution in [1.29, 1.82) is 0 Å². The fourth-order valence-electron chi connectivity index (χ4n) is 3.66. The van der Waals surface area contributed by atoms with Crippen molar-refractivity contribution in [2.24, 2.45) is 0 Å². The van der Waals surface area contributed by atoms with Crippen molar-refractivity contribution in [3.05, 3.63) is 65.7 Å². The van der Waals surface area contributed by atoms with Gasteiger partial charge < -0.3 is 10.2 Å². The zero-order chi connectivity index (χ0) is 25.5. The van der Waals surface area contributed by atoms with Crippen LogP contribution in [0.1, 0.15) is 51.7 Å². The van der Waals surface area contributed by atoms with E-state index in [1.165, 1.54) is 4.31 Å². The molecule has 186 valence electrons. The number of sulfonamides is 1. The lowest BCUT2D eigenvalue weighted by Crippen LogP contribution is -2.52. The van der Waals surface area contributed by atoms with E-state index in [-0.39, 0.29) is 24.8 Å². The molecular weight excluding hydrogens is 450 g/mol. The highest BCUT2D eigenvalue weighted by Crippen LogP contribution is 2.19. The number of amides is 2. The second-order valence-electron chi connectivity index (χ2n) is 9.70. The van der Waals surface area contributed by atoms with Crippen molar-refractivity contribution in [1.82, 2.24) is 10.2 Å². The summed E-state index contributed by atoms with van der Waals surface area (Å²) in [5.74, 6) is -0.421. The Morgan fingerprint density at radius 1 is 1.03 bits per heavy atom. The SMILES string of the molecule is Cc1cccc(CN(C(=O)CCCN(c2ccccc2)S(C)(=O)=O)C(C)C(=O)NC(C)(C)C)c1. The van der Waals surface area contributed by atoms with E-state index in [0.29, 0.717) is 18.7 Å². The smallest absolute Gasteiger partial charge is 0.242 e. The summed E-state index contributed by atoms with van der Waals surface area (Å²) < 4.78 is 26.0. The van der Waals surface area contributed by atoms with Crippen LogP contribution in [0.2, 0.25) is 0 Å². The van der Waals surface area contributed by atoms with Crippen molar-refractivity contribution < 1.29 is 18.0 Å². The number of hydrogen-bond donors (Lipinski definition) is 1. The highest BCUT2D eigenvalue weighted by atomic mass is 32.2. The molecule has 2 aromatic carbocycles. The number of rotatable bonds is 10. The van der Waals surface area contributed by atoms with E-state index in [1.54, 1.807) is 36.1 Å². The quantitative estimate of drug-likeness (QED) is 0.551. The average molecular weight is 488 g/mol. The normalized spacial score (nSPS) is 12.6. The molecule has 1 N–H and O–H groups in total. The molecule has 0 heterocycles. The number of carbonyl (C=O) groups excluding carboxylic acids is 2. The molecule has 34 heavy (non-hydrogen) atoms. The van der Waals surface area contributed by atoms with Crippen LogP contribution in [0.4, 0.5) is 5.69 Å². The number of benzene rings is 2. The van der Waals surface area contributed by atoms with Crippen molar-refractivity contribution in [3.8, 4) is 0 Å². The molecule has 2 amide bonds. The Morgan fingerprint density at radius 3 is 2.24 bits per heavy atom.